The summed E-state index contributed by atoms with van der Waals surface area (Å²) < 4.78 is 23.4. The fourth-order valence-electron chi connectivity index (χ4n) is 7.88. The summed E-state index contributed by atoms with van der Waals surface area (Å²) in [4.78, 5) is 18.2. The molecule has 1 fully saturated rings. The zero-order valence-corrected chi connectivity index (χ0v) is 36.4. The smallest absolute Gasteiger partial charge is 0.223 e. The highest BCUT2D eigenvalue weighted by atomic mass is 16.5. The molecule has 0 aromatic heterocycles. The van der Waals surface area contributed by atoms with Crippen LogP contribution in [0.4, 0.5) is 0 Å². The van der Waals surface area contributed by atoms with Crippen molar-refractivity contribution in [3.63, 3.8) is 0 Å². The zero-order chi connectivity index (χ0) is 41.9. The van der Waals surface area contributed by atoms with E-state index in [1.54, 1.807) is 12.3 Å². The first-order chi connectivity index (χ1) is 27.3. The van der Waals surface area contributed by atoms with Crippen LogP contribution in [0.2, 0.25) is 0 Å². The SMILES string of the molecule is C=CCNC(=C)C(C(C)C)N(C)C(=O)CC(C/C(=C/NCCOCCOCCOCCN(C)C)N=N)c1ccc(CC2CC(C)C(C)C(C)O2)c2c1CC(C=C)=C2. The van der Waals surface area contributed by atoms with Gasteiger partial charge in [0, 0.05) is 51.4 Å². The number of hydrogen-bond donors (Lipinski definition) is 3. The van der Waals surface area contributed by atoms with Crippen LogP contribution in [0.15, 0.2) is 72.3 Å². The van der Waals surface area contributed by atoms with Crippen LogP contribution >= 0.6 is 0 Å². The highest BCUT2D eigenvalue weighted by molar-refractivity contribution is 5.78. The fourth-order valence-corrected chi connectivity index (χ4v) is 7.88. The molecule has 6 unspecified atom stereocenters. The summed E-state index contributed by atoms with van der Waals surface area (Å²) in [7, 11) is 5.90. The molecule has 1 aliphatic carbocycles. The molecule has 3 rings (SSSR count). The fraction of sp³-hybridized carbons (Fsp3) is 0.630. The van der Waals surface area contributed by atoms with Crippen LogP contribution in [-0.4, -0.2) is 114 Å². The maximum atomic E-state index is 14.3. The summed E-state index contributed by atoms with van der Waals surface area (Å²) in [6.45, 7) is 28.5. The van der Waals surface area contributed by atoms with Gasteiger partial charge in [-0.1, -0.05) is 71.2 Å². The van der Waals surface area contributed by atoms with Crippen LogP contribution in [-0.2, 0) is 36.6 Å². The van der Waals surface area contributed by atoms with Crippen molar-refractivity contribution in [1.29, 1.82) is 5.53 Å². The van der Waals surface area contributed by atoms with E-state index in [4.69, 9.17) is 24.5 Å². The highest BCUT2D eigenvalue weighted by Gasteiger charge is 2.33. The Labute approximate surface area is 344 Å². The second-order valence-electron chi connectivity index (χ2n) is 16.4. The Balaban J connectivity index is 1.78. The van der Waals surface area contributed by atoms with E-state index in [2.05, 4.69) is 93.2 Å². The number of nitrogens with one attached hydrogen (secondary N) is 3. The van der Waals surface area contributed by atoms with Gasteiger partial charge in [-0.3, -0.25) is 4.79 Å². The largest absolute Gasteiger partial charge is 0.387 e. The molecule has 318 valence electrons. The van der Waals surface area contributed by atoms with Gasteiger partial charge < -0.3 is 39.4 Å². The van der Waals surface area contributed by atoms with Gasteiger partial charge in [-0.15, -0.1) is 6.58 Å². The average Bonchev–Trinajstić information content (AvgIpc) is 3.62. The topological polar surface area (TPSA) is 121 Å². The number of likely N-dealkylation sites (N-methyl/N-ethyl adjacent to an activating group) is 2. The molecule has 0 saturated carbocycles. The molecule has 0 spiro atoms. The highest BCUT2D eigenvalue weighted by Crippen LogP contribution is 2.40. The molecule has 1 aliphatic heterocycles. The lowest BCUT2D eigenvalue weighted by Gasteiger charge is -2.38. The van der Waals surface area contributed by atoms with Crippen LogP contribution < -0.4 is 10.6 Å². The number of fused-ring (bicyclic) bond motifs is 1. The molecule has 57 heavy (non-hydrogen) atoms. The number of benzene rings is 1. The molecular formula is C46H74N6O5. The predicted molar refractivity (Wildman–Crippen MR) is 232 cm³/mol. The van der Waals surface area contributed by atoms with Crippen molar-refractivity contribution in [2.45, 2.75) is 90.9 Å². The third-order valence-electron chi connectivity index (χ3n) is 11.4. The molecule has 1 amide bonds. The van der Waals surface area contributed by atoms with Gasteiger partial charge in [-0.05, 0) is 91.8 Å². The Kier molecular flexibility index (Phi) is 21.0. The normalized spacial score (nSPS) is 20.5. The number of hydrogen-bond acceptors (Lipinski definition) is 10. The summed E-state index contributed by atoms with van der Waals surface area (Å²) >= 11 is 0. The Morgan fingerprint density at radius 1 is 1.04 bits per heavy atom. The number of allylic oxidation sites excluding steroid dienone is 3. The maximum absolute atomic E-state index is 14.3. The molecule has 11 nitrogen and oxygen atoms in total. The third kappa shape index (κ3) is 15.3. The first kappa shape index (κ1) is 47.8. The van der Waals surface area contributed by atoms with Crippen molar-refractivity contribution in [2.24, 2.45) is 22.9 Å². The summed E-state index contributed by atoms with van der Waals surface area (Å²) in [6.07, 6.45) is 11.4. The van der Waals surface area contributed by atoms with Crippen LogP contribution in [0, 0.1) is 23.3 Å². The van der Waals surface area contributed by atoms with E-state index in [-0.39, 0.29) is 42.4 Å². The summed E-state index contributed by atoms with van der Waals surface area (Å²) in [5, 5.41) is 10.5. The van der Waals surface area contributed by atoms with Crippen molar-refractivity contribution < 1.29 is 23.7 Å². The number of carbonyl (C=O) groups excluding carboxylic acids is 1. The van der Waals surface area contributed by atoms with Gasteiger partial charge in [-0.2, -0.15) is 5.11 Å². The number of ether oxygens (including phenoxy) is 4. The van der Waals surface area contributed by atoms with Crippen LogP contribution in [0.5, 0.6) is 0 Å². The van der Waals surface area contributed by atoms with Gasteiger partial charge in [-0.25, -0.2) is 5.53 Å². The molecule has 1 saturated heterocycles. The van der Waals surface area contributed by atoms with Gasteiger partial charge >= 0.3 is 0 Å². The molecule has 2 aliphatic rings. The molecule has 0 bridgehead atoms. The molecule has 1 aromatic rings. The lowest BCUT2D eigenvalue weighted by Crippen LogP contribution is -2.45. The standard InChI is InChI=1S/C46H74N6O5/c1-12-16-49-35(7)46(32(3)4)52(11)45(53)30-39(28-40(50-47)31-48-17-19-54-21-23-56-24-22-55-20-18-51(9)10)42-15-14-38(43-26-37(13-2)27-44(42)43)29-41-25-33(5)34(6)36(8)57-41/h12-15,26,31-34,36,39,41,46-49H,1-2,7,16-25,27-30H2,3-6,8-11H3/b40-31-,50-47?. The van der Waals surface area contributed by atoms with Crippen LogP contribution in [0.25, 0.3) is 6.08 Å². The maximum Gasteiger partial charge on any atom is 0.223 e. The average molecular weight is 791 g/mol. The number of rotatable bonds is 28. The van der Waals surface area contributed by atoms with Crippen molar-refractivity contribution in [2.75, 3.05) is 80.4 Å². The predicted octanol–water partition coefficient (Wildman–Crippen LogP) is 7.51. The molecule has 1 heterocycles. The lowest BCUT2D eigenvalue weighted by atomic mass is 9.81. The minimum absolute atomic E-state index is 0.00807. The minimum atomic E-state index is -0.225. The van der Waals surface area contributed by atoms with E-state index in [1.165, 1.54) is 16.7 Å². The number of carbonyl (C=O) groups is 1. The number of amides is 1. The lowest BCUT2D eigenvalue weighted by molar-refractivity contribution is -0.132. The van der Waals surface area contributed by atoms with Gasteiger partial charge in [0.25, 0.3) is 0 Å². The quantitative estimate of drug-likeness (QED) is 0.0454. The van der Waals surface area contributed by atoms with E-state index in [9.17, 15) is 4.79 Å². The third-order valence-corrected chi connectivity index (χ3v) is 11.4. The zero-order valence-electron chi connectivity index (χ0n) is 36.4. The number of nitrogens with zero attached hydrogens (tertiary/aromatic N) is 3. The Morgan fingerprint density at radius 3 is 2.33 bits per heavy atom. The Hall–Kier alpha value is -3.61. The van der Waals surface area contributed by atoms with Gasteiger partial charge in [0.2, 0.25) is 5.91 Å². The first-order valence-electron chi connectivity index (χ1n) is 20.9. The van der Waals surface area contributed by atoms with Crippen LogP contribution in [0.1, 0.15) is 82.1 Å². The second kappa shape index (κ2) is 25.0. The van der Waals surface area contributed by atoms with E-state index in [0.29, 0.717) is 76.7 Å². The monoisotopic (exact) mass is 791 g/mol. The van der Waals surface area contributed by atoms with Crippen molar-refractivity contribution in [3.8, 4) is 0 Å². The van der Waals surface area contributed by atoms with Crippen molar-refractivity contribution in [3.05, 3.63) is 89.4 Å². The van der Waals surface area contributed by atoms with E-state index in [1.807, 2.05) is 32.1 Å². The van der Waals surface area contributed by atoms with Gasteiger partial charge in [0.1, 0.15) is 0 Å². The molecule has 3 N–H and O–H groups in total. The molecule has 1 aromatic carbocycles. The van der Waals surface area contributed by atoms with Gasteiger partial charge in [0.05, 0.1) is 63.6 Å². The van der Waals surface area contributed by atoms with E-state index in [0.717, 1.165) is 42.6 Å². The van der Waals surface area contributed by atoms with Crippen LogP contribution in [0.3, 0.4) is 0 Å². The summed E-state index contributed by atoms with van der Waals surface area (Å²) in [5.74, 6) is 1.05. The van der Waals surface area contributed by atoms with E-state index < -0.39 is 0 Å². The minimum Gasteiger partial charge on any atom is -0.387 e. The summed E-state index contributed by atoms with van der Waals surface area (Å²) in [6, 6.07) is 4.23. The van der Waals surface area contributed by atoms with Crippen molar-refractivity contribution >= 4 is 12.0 Å². The Morgan fingerprint density at radius 2 is 1.72 bits per heavy atom. The molecule has 6 atom stereocenters. The summed E-state index contributed by atoms with van der Waals surface area (Å²) in [5.41, 5.74) is 15.4. The molecule has 0 radical (unpaired) electrons. The molecular weight excluding hydrogens is 717 g/mol. The van der Waals surface area contributed by atoms with Crippen molar-refractivity contribution in [1.82, 2.24) is 20.4 Å². The Bertz CT molecular complexity index is 1510. The van der Waals surface area contributed by atoms with E-state index >= 15 is 0 Å². The van der Waals surface area contributed by atoms with Gasteiger partial charge in [0.15, 0.2) is 0 Å². The second-order valence-corrected chi connectivity index (χ2v) is 16.4. The molecule has 11 heteroatoms. The first-order valence-corrected chi connectivity index (χ1v) is 20.9.